The first-order chi connectivity index (χ1) is 15.4. The molecule has 0 unspecified atom stereocenters. The highest BCUT2D eigenvalue weighted by molar-refractivity contribution is 5.97. The van der Waals surface area contributed by atoms with Gasteiger partial charge in [0.2, 0.25) is 0 Å². The van der Waals surface area contributed by atoms with Crippen LogP contribution in [0.3, 0.4) is 0 Å². The molecular formula is C25H22O7. The molecule has 0 saturated heterocycles. The van der Waals surface area contributed by atoms with Gasteiger partial charge in [-0.05, 0) is 36.8 Å². The highest BCUT2D eigenvalue weighted by atomic mass is 16.6. The highest BCUT2D eigenvalue weighted by Crippen LogP contribution is 2.56. The van der Waals surface area contributed by atoms with Crippen molar-refractivity contribution in [3.63, 3.8) is 0 Å². The normalized spacial score (nSPS) is 14.2. The largest absolute Gasteiger partial charge is 0.508 e. The number of aliphatic carboxylic acids is 1. The van der Waals surface area contributed by atoms with Gasteiger partial charge in [-0.2, -0.15) is 0 Å². The summed E-state index contributed by atoms with van der Waals surface area (Å²) >= 11 is 0. The van der Waals surface area contributed by atoms with Crippen LogP contribution in [0.5, 0.6) is 23.0 Å². The number of esters is 1. The number of hydrogen-bond donors (Lipinski definition) is 3. The topological polar surface area (TPSA) is 113 Å². The third-order valence-electron chi connectivity index (χ3n) is 5.43. The number of fused-ring (bicyclic) bond motifs is 6. The van der Waals surface area contributed by atoms with Gasteiger partial charge in [-0.3, -0.25) is 4.79 Å². The predicted molar refractivity (Wildman–Crippen MR) is 115 cm³/mol. The van der Waals surface area contributed by atoms with Crippen LogP contribution in [0.15, 0.2) is 60.7 Å². The third kappa shape index (κ3) is 3.51. The number of ether oxygens (including phenoxy) is 2. The number of benzene rings is 3. The zero-order valence-electron chi connectivity index (χ0n) is 17.4. The molecule has 0 saturated carbocycles. The standard InChI is InChI=1S/C20H12O5.C5H10O2/c21-11-5-7-15-17(9-11)24-18-10-12(22)6-8-16(18)20(15)14-4-2-1-3-13(14)19(23)25-20;1-2-3-4-5(6)7/h1-10,21-22H;2-4H2,1H3,(H,6,7). The number of hydrogen-bond acceptors (Lipinski definition) is 6. The average Bonchev–Trinajstić information content (AvgIpc) is 3.05. The van der Waals surface area contributed by atoms with Crippen molar-refractivity contribution in [2.24, 2.45) is 0 Å². The van der Waals surface area contributed by atoms with E-state index in [-0.39, 0.29) is 11.5 Å². The fraction of sp³-hybridized carbons (Fsp3) is 0.200. The monoisotopic (exact) mass is 434 g/mol. The molecular weight excluding hydrogens is 412 g/mol. The first-order valence-electron chi connectivity index (χ1n) is 10.3. The van der Waals surface area contributed by atoms with E-state index in [2.05, 4.69) is 0 Å². The van der Waals surface area contributed by atoms with Gasteiger partial charge in [-0.15, -0.1) is 0 Å². The molecule has 5 rings (SSSR count). The second-order valence-corrected chi connectivity index (χ2v) is 7.58. The molecule has 0 atom stereocenters. The lowest BCUT2D eigenvalue weighted by molar-refractivity contribution is -0.137. The molecule has 0 fully saturated rings. The Bertz CT molecular complexity index is 1150. The fourth-order valence-electron chi connectivity index (χ4n) is 3.98. The summed E-state index contributed by atoms with van der Waals surface area (Å²) in [5, 5.41) is 27.7. The fourth-order valence-corrected chi connectivity index (χ4v) is 3.98. The Morgan fingerprint density at radius 3 is 2.03 bits per heavy atom. The summed E-state index contributed by atoms with van der Waals surface area (Å²) in [7, 11) is 0. The van der Waals surface area contributed by atoms with Gasteiger partial charge in [-0.25, -0.2) is 4.79 Å². The number of unbranched alkanes of at least 4 members (excludes halogenated alkanes) is 1. The quantitative estimate of drug-likeness (QED) is 0.501. The molecule has 3 aromatic carbocycles. The van der Waals surface area contributed by atoms with E-state index in [1.54, 1.807) is 24.3 Å². The van der Waals surface area contributed by atoms with Gasteiger partial charge in [0.15, 0.2) is 5.60 Å². The summed E-state index contributed by atoms with van der Waals surface area (Å²) in [5.41, 5.74) is 1.28. The molecule has 2 heterocycles. The van der Waals surface area contributed by atoms with Crippen LogP contribution in [-0.2, 0) is 15.1 Å². The Hall–Kier alpha value is -4.00. The second kappa shape index (κ2) is 8.26. The minimum absolute atomic E-state index is 0.0371. The van der Waals surface area contributed by atoms with Crippen molar-refractivity contribution in [2.75, 3.05) is 0 Å². The maximum Gasteiger partial charge on any atom is 0.340 e. The van der Waals surface area contributed by atoms with Crippen LogP contribution in [-0.4, -0.2) is 27.3 Å². The summed E-state index contributed by atoms with van der Waals surface area (Å²) in [6, 6.07) is 16.6. The van der Waals surface area contributed by atoms with E-state index >= 15 is 0 Å². The summed E-state index contributed by atoms with van der Waals surface area (Å²) in [5.74, 6) is -0.284. The molecule has 32 heavy (non-hydrogen) atoms. The molecule has 0 aromatic heterocycles. The van der Waals surface area contributed by atoms with Gasteiger partial charge < -0.3 is 24.8 Å². The molecule has 1 spiro atoms. The van der Waals surface area contributed by atoms with Crippen LogP contribution in [0, 0.1) is 0 Å². The van der Waals surface area contributed by atoms with Gasteiger partial charge in [0, 0.05) is 35.2 Å². The van der Waals surface area contributed by atoms with Crippen LogP contribution < -0.4 is 4.74 Å². The highest BCUT2D eigenvalue weighted by Gasteiger charge is 2.53. The van der Waals surface area contributed by atoms with Crippen molar-refractivity contribution in [3.05, 3.63) is 82.9 Å². The van der Waals surface area contributed by atoms with Crippen LogP contribution >= 0.6 is 0 Å². The van der Waals surface area contributed by atoms with Gasteiger partial charge in [0.05, 0.1) is 5.56 Å². The number of carbonyl (C=O) groups excluding carboxylic acids is 1. The maximum atomic E-state index is 12.5. The van der Waals surface area contributed by atoms with E-state index in [4.69, 9.17) is 14.6 Å². The van der Waals surface area contributed by atoms with Gasteiger partial charge in [0.25, 0.3) is 0 Å². The van der Waals surface area contributed by atoms with E-state index in [9.17, 15) is 19.8 Å². The molecule has 7 nitrogen and oxygen atoms in total. The molecule has 0 radical (unpaired) electrons. The molecule has 7 heteroatoms. The Morgan fingerprint density at radius 2 is 1.50 bits per heavy atom. The average molecular weight is 434 g/mol. The lowest BCUT2D eigenvalue weighted by Crippen LogP contribution is -2.32. The number of carbonyl (C=O) groups is 2. The summed E-state index contributed by atoms with van der Waals surface area (Å²) in [4.78, 5) is 22.3. The Balaban J connectivity index is 0.000000307. The zero-order valence-corrected chi connectivity index (χ0v) is 17.4. The van der Waals surface area contributed by atoms with Crippen molar-refractivity contribution in [3.8, 4) is 23.0 Å². The van der Waals surface area contributed by atoms with Gasteiger partial charge in [0.1, 0.15) is 23.0 Å². The summed E-state index contributed by atoms with van der Waals surface area (Å²) in [6.07, 6.45) is 2.08. The molecule has 2 aliphatic heterocycles. The third-order valence-corrected chi connectivity index (χ3v) is 5.43. The number of aromatic hydroxyl groups is 2. The minimum atomic E-state index is -1.17. The summed E-state index contributed by atoms with van der Waals surface area (Å²) < 4.78 is 11.8. The number of phenolic OH excluding ortho intramolecular Hbond substituents is 2. The summed E-state index contributed by atoms with van der Waals surface area (Å²) in [6.45, 7) is 1.98. The van der Waals surface area contributed by atoms with Crippen molar-refractivity contribution < 1.29 is 34.4 Å². The lowest BCUT2D eigenvalue weighted by atomic mass is 9.77. The Kier molecular flexibility index (Phi) is 5.48. The molecule has 164 valence electrons. The van der Waals surface area contributed by atoms with Crippen LogP contribution in [0.25, 0.3) is 0 Å². The van der Waals surface area contributed by atoms with E-state index < -0.39 is 17.5 Å². The lowest BCUT2D eigenvalue weighted by Gasteiger charge is -2.36. The SMILES string of the molecule is CCCCC(=O)O.O=C1OC2(c3ccc(O)cc3Oc3cc(O)ccc32)c2ccccc21. The Morgan fingerprint density at radius 1 is 0.906 bits per heavy atom. The molecule has 0 amide bonds. The van der Waals surface area contributed by atoms with Gasteiger partial charge >= 0.3 is 11.9 Å². The number of carboxylic acid groups (broad SMARTS) is 1. The van der Waals surface area contributed by atoms with Gasteiger partial charge in [-0.1, -0.05) is 31.5 Å². The smallest absolute Gasteiger partial charge is 0.340 e. The van der Waals surface area contributed by atoms with Crippen molar-refractivity contribution in [2.45, 2.75) is 31.8 Å². The van der Waals surface area contributed by atoms with Crippen molar-refractivity contribution in [1.29, 1.82) is 0 Å². The molecule has 2 aliphatic rings. The molecule has 0 bridgehead atoms. The van der Waals surface area contributed by atoms with Crippen LogP contribution in [0.1, 0.15) is 53.2 Å². The number of carboxylic acids is 1. The van der Waals surface area contributed by atoms with E-state index in [0.717, 1.165) is 12.8 Å². The van der Waals surface area contributed by atoms with Crippen LogP contribution in [0.2, 0.25) is 0 Å². The second-order valence-electron chi connectivity index (χ2n) is 7.58. The van der Waals surface area contributed by atoms with E-state index in [1.807, 2.05) is 19.1 Å². The Labute approximate surface area is 184 Å². The predicted octanol–water partition coefficient (Wildman–Crippen LogP) is 4.93. The molecule has 3 aromatic rings. The van der Waals surface area contributed by atoms with E-state index in [1.165, 1.54) is 24.3 Å². The number of phenols is 2. The van der Waals surface area contributed by atoms with Crippen LogP contribution in [0.4, 0.5) is 0 Å². The molecule has 0 aliphatic carbocycles. The van der Waals surface area contributed by atoms with Crippen molar-refractivity contribution >= 4 is 11.9 Å². The van der Waals surface area contributed by atoms with E-state index in [0.29, 0.717) is 40.2 Å². The maximum absolute atomic E-state index is 12.5. The first kappa shape index (κ1) is 21.2. The number of rotatable bonds is 3. The molecule has 3 N–H and O–H groups in total. The van der Waals surface area contributed by atoms with Crippen molar-refractivity contribution in [1.82, 2.24) is 0 Å². The zero-order chi connectivity index (χ0) is 22.9. The first-order valence-corrected chi connectivity index (χ1v) is 10.3. The minimum Gasteiger partial charge on any atom is -0.508 e.